The summed E-state index contributed by atoms with van der Waals surface area (Å²) in [6.45, 7) is 0. The molecule has 13 aromatic rings. The molecule has 0 N–H and O–H groups in total. The van der Waals surface area contributed by atoms with Gasteiger partial charge in [0.15, 0.2) is 17.5 Å². The molecule has 3 heterocycles. The van der Waals surface area contributed by atoms with E-state index >= 15 is 0 Å². The van der Waals surface area contributed by atoms with Gasteiger partial charge in [-0.05, 0) is 85.9 Å². The van der Waals surface area contributed by atoms with Crippen molar-refractivity contribution in [3.63, 3.8) is 0 Å². The fourth-order valence-electron chi connectivity index (χ4n) is 9.55. The number of furan rings is 1. The van der Waals surface area contributed by atoms with Crippen LogP contribution in [0.2, 0.25) is 0 Å². The number of benzene rings is 10. The molecule has 0 aliphatic carbocycles. The number of hydrogen-bond donors (Lipinski definition) is 0. The fraction of sp³-hybridized carbons (Fsp3) is 0. The lowest BCUT2D eigenvalue weighted by atomic mass is 9.99. The van der Waals surface area contributed by atoms with Gasteiger partial charge < -0.3 is 8.98 Å². The van der Waals surface area contributed by atoms with Crippen LogP contribution in [0.25, 0.3) is 127 Å². The molecule has 3 aromatic heterocycles. The van der Waals surface area contributed by atoms with Crippen LogP contribution in [0.5, 0.6) is 0 Å². The zero-order chi connectivity index (χ0) is 40.7. The van der Waals surface area contributed by atoms with Crippen LogP contribution < -0.4 is 0 Å². The number of para-hydroxylation sites is 1. The van der Waals surface area contributed by atoms with E-state index in [1.54, 1.807) is 0 Å². The molecule has 0 radical (unpaired) electrons. The SMILES string of the molecule is c1ccc(-c2nc(-c3ccccc3-c3ccccc3)nc(-c3cccc4c3oc3ccc5ccc(-n6c7cc8ccccc8cc7c7c8ccccc8ccc76)cc5c34)n2)cc1. The van der Waals surface area contributed by atoms with Crippen LogP contribution in [0.3, 0.4) is 0 Å². The second-order valence-corrected chi connectivity index (χ2v) is 15.9. The summed E-state index contributed by atoms with van der Waals surface area (Å²) in [4.78, 5) is 15.5. The highest BCUT2D eigenvalue weighted by atomic mass is 16.3. The van der Waals surface area contributed by atoms with Gasteiger partial charge >= 0.3 is 0 Å². The molecule has 0 atom stereocenters. The predicted octanol–water partition coefficient (Wildman–Crippen LogP) is 15.0. The van der Waals surface area contributed by atoms with Gasteiger partial charge in [0.25, 0.3) is 0 Å². The Labute approximate surface area is 355 Å². The maximum atomic E-state index is 6.89. The molecule has 13 rings (SSSR count). The summed E-state index contributed by atoms with van der Waals surface area (Å²) < 4.78 is 9.32. The minimum Gasteiger partial charge on any atom is -0.455 e. The highest BCUT2D eigenvalue weighted by molar-refractivity contribution is 6.24. The van der Waals surface area contributed by atoms with Crippen molar-refractivity contribution in [2.75, 3.05) is 0 Å². The average molecular weight is 791 g/mol. The lowest BCUT2D eigenvalue weighted by Crippen LogP contribution is -2.01. The molecule has 5 nitrogen and oxygen atoms in total. The molecule has 0 aliphatic heterocycles. The van der Waals surface area contributed by atoms with Crippen LogP contribution in [-0.2, 0) is 0 Å². The van der Waals surface area contributed by atoms with Crippen molar-refractivity contribution >= 4 is 76.1 Å². The van der Waals surface area contributed by atoms with Crippen LogP contribution in [0.15, 0.2) is 211 Å². The largest absolute Gasteiger partial charge is 0.455 e. The third kappa shape index (κ3) is 5.32. The number of aromatic nitrogens is 4. The molecule has 5 heteroatoms. The van der Waals surface area contributed by atoms with Gasteiger partial charge in [-0.25, -0.2) is 15.0 Å². The van der Waals surface area contributed by atoms with Crippen LogP contribution in [0, 0.1) is 0 Å². The molecule has 62 heavy (non-hydrogen) atoms. The monoisotopic (exact) mass is 790 g/mol. The first-order valence-electron chi connectivity index (χ1n) is 20.9. The quantitative estimate of drug-likeness (QED) is 0.174. The Morgan fingerprint density at radius 3 is 1.76 bits per heavy atom. The van der Waals surface area contributed by atoms with E-state index in [-0.39, 0.29) is 0 Å². The first-order chi connectivity index (χ1) is 30.7. The van der Waals surface area contributed by atoms with E-state index in [1.165, 1.54) is 43.4 Å². The fourth-order valence-corrected chi connectivity index (χ4v) is 9.55. The molecule has 10 aromatic carbocycles. The molecule has 0 unspecified atom stereocenters. The Morgan fingerprint density at radius 2 is 0.935 bits per heavy atom. The van der Waals surface area contributed by atoms with Crippen LogP contribution in [-0.4, -0.2) is 19.5 Å². The Hall–Kier alpha value is -8.41. The Morgan fingerprint density at radius 1 is 0.339 bits per heavy atom. The summed E-state index contributed by atoms with van der Waals surface area (Å²) >= 11 is 0. The Balaban J connectivity index is 1.04. The van der Waals surface area contributed by atoms with Crippen LogP contribution in [0.4, 0.5) is 0 Å². The molecular formula is C57H34N4O. The lowest BCUT2D eigenvalue weighted by Gasteiger charge is -2.12. The molecule has 0 amide bonds. The van der Waals surface area contributed by atoms with E-state index in [1.807, 2.05) is 42.5 Å². The van der Waals surface area contributed by atoms with Gasteiger partial charge in [0.05, 0.1) is 16.6 Å². The average Bonchev–Trinajstić information content (AvgIpc) is 3.89. The Bertz CT molecular complexity index is 3920. The van der Waals surface area contributed by atoms with Gasteiger partial charge in [-0.3, -0.25) is 0 Å². The van der Waals surface area contributed by atoms with Gasteiger partial charge in [0.2, 0.25) is 0 Å². The number of rotatable bonds is 5. The molecule has 0 saturated heterocycles. The minimum absolute atomic E-state index is 0.552. The summed E-state index contributed by atoms with van der Waals surface area (Å²) in [5.41, 5.74) is 9.79. The van der Waals surface area contributed by atoms with Crippen molar-refractivity contribution in [3.05, 3.63) is 206 Å². The highest BCUT2D eigenvalue weighted by Crippen LogP contribution is 2.43. The van der Waals surface area contributed by atoms with Crippen LogP contribution in [0.1, 0.15) is 0 Å². The number of hydrogen-bond acceptors (Lipinski definition) is 4. The summed E-state index contributed by atoms with van der Waals surface area (Å²) in [7, 11) is 0. The van der Waals surface area contributed by atoms with Crippen molar-refractivity contribution in [1.82, 2.24) is 19.5 Å². The van der Waals surface area contributed by atoms with Crippen molar-refractivity contribution in [3.8, 4) is 51.0 Å². The zero-order valence-electron chi connectivity index (χ0n) is 33.3. The second-order valence-electron chi connectivity index (χ2n) is 15.9. The summed E-state index contributed by atoms with van der Waals surface area (Å²) in [5, 5.41) is 11.7. The maximum Gasteiger partial charge on any atom is 0.167 e. The predicted molar refractivity (Wildman–Crippen MR) is 256 cm³/mol. The van der Waals surface area contributed by atoms with E-state index < -0.39 is 0 Å². The van der Waals surface area contributed by atoms with Gasteiger partial charge in [-0.1, -0.05) is 164 Å². The van der Waals surface area contributed by atoms with E-state index in [9.17, 15) is 0 Å². The zero-order valence-corrected chi connectivity index (χ0v) is 33.3. The van der Waals surface area contributed by atoms with Crippen molar-refractivity contribution in [1.29, 1.82) is 0 Å². The summed E-state index contributed by atoms with van der Waals surface area (Å²) in [5.74, 6) is 1.75. The Kier molecular flexibility index (Phi) is 7.54. The maximum absolute atomic E-state index is 6.89. The summed E-state index contributed by atoms with van der Waals surface area (Å²) in [6, 6.07) is 72.7. The van der Waals surface area contributed by atoms with Gasteiger partial charge in [-0.2, -0.15) is 0 Å². The first-order valence-corrected chi connectivity index (χ1v) is 20.9. The molecule has 0 aliphatic rings. The van der Waals surface area contributed by atoms with E-state index in [4.69, 9.17) is 19.4 Å². The molecule has 0 fully saturated rings. The van der Waals surface area contributed by atoms with Gasteiger partial charge in [0.1, 0.15) is 11.2 Å². The molecule has 0 spiro atoms. The molecule has 0 saturated carbocycles. The highest BCUT2D eigenvalue weighted by Gasteiger charge is 2.21. The minimum atomic E-state index is 0.552. The molecule has 288 valence electrons. The van der Waals surface area contributed by atoms with E-state index in [0.29, 0.717) is 17.5 Å². The summed E-state index contributed by atoms with van der Waals surface area (Å²) in [6.07, 6.45) is 0. The lowest BCUT2D eigenvalue weighted by molar-refractivity contribution is 0.670. The molecule has 0 bridgehead atoms. The third-order valence-corrected chi connectivity index (χ3v) is 12.4. The van der Waals surface area contributed by atoms with E-state index in [0.717, 1.165) is 66.2 Å². The third-order valence-electron chi connectivity index (χ3n) is 12.4. The van der Waals surface area contributed by atoms with Gasteiger partial charge in [0, 0.05) is 38.4 Å². The van der Waals surface area contributed by atoms with Crippen molar-refractivity contribution in [2.24, 2.45) is 0 Å². The molecular weight excluding hydrogens is 757 g/mol. The number of nitrogens with zero attached hydrogens (tertiary/aromatic N) is 4. The van der Waals surface area contributed by atoms with Gasteiger partial charge in [-0.15, -0.1) is 0 Å². The van der Waals surface area contributed by atoms with Crippen molar-refractivity contribution < 1.29 is 4.42 Å². The standard InChI is InChI=1S/C57H34N4O/c1-3-14-35(15-4-1)42-21-11-12-23-44(42)56-58-55(38-17-5-2-6-18-38)59-57(60-56)46-25-13-24-45-53-47-34-41(29-26-37(47)28-31-51(53)62-54(45)46)61-49-30-27-36-16-9-10-22-43(36)52(49)48-32-39-19-7-8-20-40(39)33-50(48)61/h1-34H. The van der Waals surface area contributed by atoms with Crippen molar-refractivity contribution in [2.45, 2.75) is 0 Å². The van der Waals surface area contributed by atoms with Crippen LogP contribution >= 0.6 is 0 Å². The smallest absolute Gasteiger partial charge is 0.167 e. The van der Waals surface area contributed by atoms with E-state index in [2.05, 4.69) is 168 Å². The normalized spacial score (nSPS) is 11.9. The first kappa shape index (κ1) is 34.5. The number of fused-ring (bicyclic) bond motifs is 11. The topological polar surface area (TPSA) is 56.7 Å². The second kappa shape index (κ2) is 13.6.